The van der Waals surface area contributed by atoms with Gasteiger partial charge in [-0.05, 0) is 30.9 Å². The summed E-state index contributed by atoms with van der Waals surface area (Å²) < 4.78 is 5.20. The Bertz CT molecular complexity index is 494. The molecule has 2 aromatic rings. The number of oxazole rings is 1. The lowest BCUT2D eigenvalue weighted by molar-refractivity contribution is 0.571. The van der Waals surface area contributed by atoms with Gasteiger partial charge in [-0.15, -0.1) is 0 Å². The van der Waals surface area contributed by atoms with Gasteiger partial charge in [-0.1, -0.05) is 11.6 Å². The molecule has 3 rings (SSSR count). The van der Waals surface area contributed by atoms with Crippen LogP contribution in [0.3, 0.4) is 0 Å². The number of rotatable bonds is 1. The Morgan fingerprint density at radius 2 is 2.27 bits per heavy atom. The second-order valence-electron chi connectivity index (χ2n) is 3.61. The standard InChI is InChI=1S/C11H9ClN2O/c12-8-6-10(11-13-4-5-15-11)14-9-3-1-2-7(8)9/h4-6H,1-3H2. The summed E-state index contributed by atoms with van der Waals surface area (Å²) >= 11 is 6.18. The van der Waals surface area contributed by atoms with Crippen molar-refractivity contribution in [2.24, 2.45) is 0 Å². The highest BCUT2D eigenvalue weighted by atomic mass is 35.5. The van der Waals surface area contributed by atoms with Crippen LogP contribution in [0.1, 0.15) is 17.7 Å². The van der Waals surface area contributed by atoms with Gasteiger partial charge in [0.15, 0.2) is 0 Å². The lowest BCUT2D eigenvalue weighted by Gasteiger charge is -2.03. The molecule has 0 saturated heterocycles. The zero-order chi connectivity index (χ0) is 10.3. The predicted molar refractivity (Wildman–Crippen MR) is 56.8 cm³/mol. The molecular weight excluding hydrogens is 212 g/mol. The fraction of sp³-hybridized carbons (Fsp3) is 0.273. The van der Waals surface area contributed by atoms with Gasteiger partial charge in [-0.2, -0.15) is 0 Å². The van der Waals surface area contributed by atoms with Crippen LogP contribution in [0.15, 0.2) is 22.9 Å². The number of pyridine rings is 1. The Hall–Kier alpha value is -1.35. The summed E-state index contributed by atoms with van der Waals surface area (Å²) in [6, 6.07) is 1.83. The van der Waals surface area contributed by atoms with Crippen LogP contribution < -0.4 is 0 Å². The van der Waals surface area contributed by atoms with Crippen molar-refractivity contribution in [3.05, 3.63) is 34.8 Å². The van der Waals surface area contributed by atoms with E-state index in [2.05, 4.69) is 9.97 Å². The highest BCUT2D eigenvalue weighted by molar-refractivity contribution is 6.31. The third-order valence-corrected chi connectivity index (χ3v) is 2.98. The van der Waals surface area contributed by atoms with Crippen LogP contribution in [-0.2, 0) is 12.8 Å². The molecule has 4 heteroatoms. The van der Waals surface area contributed by atoms with E-state index in [0.29, 0.717) is 5.89 Å². The van der Waals surface area contributed by atoms with E-state index in [9.17, 15) is 0 Å². The van der Waals surface area contributed by atoms with Gasteiger partial charge in [0, 0.05) is 10.7 Å². The molecule has 1 aliphatic carbocycles. The Morgan fingerprint density at radius 1 is 1.33 bits per heavy atom. The van der Waals surface area contributed by atoms with Crippen molar-refractivity contribution < 1.29 is 4.42 Å². The molecule has 0 N–H and O–H groups in total. The van der Waals surface area contributed by atoms with Gasteiger partial charge >= 0.3 is 0 Å². The van der Waals surface area contributed by atoms with E-state index in [4.69, 9.17) is 16.0 Å². The first-order chi connectivity index (χ1) is 7.34. The molecule has 0 fully saturated rings. The van der Waals surface area contributed by atoms with Crippen molar-refractivity contribution in [1.29, 1.82) is 0 Å². The molecule has 2 heterocycles. The van der Waals surface area contributed by atoms with Gasteiger partial charge in [0.05, 0.1) is 6.20 Å². The van der Waals surface area contributed by atoms with Gasteiger partial charge in [0.25, 0.3) is 0 Å². The van der Waals surface area contributed by atoms with E-state index in [0.717, 1.165) is 35.7 Å². The number of halogens is 1. The molecule has 3 nitrogen and oxygen atoms in total. The number of aryl methyl sites for hydroxylation is 1. The zero-order valence-corrected chi connectivity index (χ0v) is 8.79. The number of nitrogens with zero attached hydrogens (tertiary/aromatic N) is 2. The Balaban J connectivity index is 2.15. The fourth-order valence-electron chi connectivity index (χ4n) is 1.95. The summed E-state index contributed by atoms with van der Waals surface area (Å²) in [6.07, 6.45) is 6.32. The topological polar surface area (TPSA) is 38.9 Å². The van der Waals surface area contributed by atoms with Gasteiger partial charge in [0.1, 0.15) is 12.0 Å². The highest BCUT2D eigenvalue weighted by Gasteiger charge is 2.18. The molecule has 0 radical (unpaired) electrons. The number of hydrogen-bond acceptors (Lipinski definition) is 3. The molecule has 0 bridgehead atoms. The van der Waals surface area contributed by atoms with E-state index >= 15 is 0 Å². The Morgan fingerprint density at radius 3 is 3.07 bits per heavy atom. The van der Waals surface area contributed by atoms with Crippen molar-refractivity contribution in [2.75, 3.05) is 0 Å². The maximum Gasteiger partial charge on any atom is 0.245 e. The molecule has 15 heavy (non-hydrogen) atoms. The molecule has 0 aromatic carbocycles. The fourth-order valence-corrected chi connectivity index (χ4v) is 2.26. The van der Waals surface area contributed by atoms with Crippen LogP contribution in [0, 0.1) is 0 Å². The smallest absolute Gasteiger partial charge is 0.245 e. The first-order valence-electron chi connectivity index (χ1n) is 4.93. The molecule has 0 unspecified atom stereocenters. The minimum absolute atomic E-state index is 0.534. The van der Waals surface area contributed by atoms with Crippen molar-refractivity contribution in [2.45, 2.75) is 19.3 Å². The third-order valence-electron chi connectivity index (χ3n) is 2.65. The molecule has 76 valence electrons. The largest absolute Gasteiger partial charge is 0.443 e. The van der Waals surface area contributed by atoms with Gasteiger partial charge in [-0.3, -0.25) is 0 Å². The van der Waals surface area contributed by atoms with Crippen molar-refractivity contribution in [1.82, 2.24) is 9.97 Å². The number of hydrogen-bond donors (Lipinski definition) is 0. The van der Waals surface area contributed by atoms with Crippen molar-refractivity contribution in [3.63, 3.8) is 0 Å². The summed E-state index contributed by atoms with van der Waals surface area (Å²) in [7, 11) is 0. The average Bonchev–Trinajstić information content (AvgIpc) is 2.88. The highest BCUT2D eigenvalue weighted by Crippen LogP contribution is 2.30. The number of aromatic nitrogens is 2. The SMILES string of the molecule is Clc1cc(-c2ncco2)nc2c1CCC2. The van der Waals surface area contributed by atoms with Crippen LogP contribution >= 0.6 is 11.6 Å². The van der Waals surface area contributed by atoms with Crippen LogP contribution in [0.25, 0.3) is 11.6 Å². The molecule has 0 atom stereocenters. The first kappa shape index (κ1) is 8.92. The monoisotopic (exact) mass is 220 g/mol. The van der Waals surface area contributed by atoms with Crippen LogP contribution in [0.4, 0.5) is 0 Å². The minimum Gasteiger partial charge on any atom is -0.443 e. The normalized spacial score (nSPS) is 14.2. The maximum absolute atomic E-state index is 6.18. The van der Waals surface area contributed by atoms with Gasteiger partial charge in [0.2, 0.25) is 5.89 Å². The molecule has 1 aliphatic rings. The second-order valence-corrected chi connectivity index (χ2v) is 4.01. The molecule has 0 aliphatic heterocycles. The van der Waals surface area contributed by atoms with Gasteiger partial charge in [-0.25, -0.2) is 9.97 Å². The summed E-state index contributed by atoms with van der Waals surface area (Å²) in [4.78, 5) is 8.58. The molecule has 0 saturated carbocycles. The first-order valence-corrected chi connectivity index (χ1v) is 5.30. The average molecular weight is 221 g/mol. The molecule has 0 amide bonds. The van der Waals surface area contributed by atoms with Crippen LogP contribution in [0.5, 0.6) is 0 Å². The Kier molecular flexibility index (Phi) is 1.99. The molecule has 0 spiro atoms. The van der Waals surface area contributed by atoms with Crippen molar-refractivity contribution in [3.8, 4) is 11.6 Å². The summed E-state index contributed by atoms with van der Waals surface area (Å²) in [6.45, 7) is 0. The molecule has 2 aromatic heterocycles. The third kappa shape index (κ3) is 1.43. The van der Waals surface area contributed by atoms with Gasteiger partial charge < -0.3 is 4.42 Å². The van der Waals surface area contributed by atoms with E-state index in [1.165, 1.54) is 11.8 Å². The summed E-state index contributed by atoms with van der Waals surface area (Å²) in [5.41, 5.74) is 3.01. The predicted octanol–water partition coefficient (Wildman–Crippen LogP) is 2.88. The Labute approximate surface area is 92.1 Å². The van der Waals surface area contributed by atoms with Crippen LogP contribution in [-0.4, -0.2) is 9.97 Å². The summed E-state index contributed by atoms with van der Waals surface area (Å²) in [5, 5.41) is 0.783. The lowest BCUT2D eigenvalue weighted by Crippen LogP contribution is -1.92. The minimum atomic E-state index is 0.534. The zero-order valence-electron chi connectivity index (χ0n) is 8.03. The van der Waals surface area contributed by atoms with E-state index in [1.807, 2.05) is 6.07 Å². The van der Waals surface area contributed by atoms with Crippen molar-refractivity contribution >= 4 is 11.6 Å². The lowest BCUT2D eigenvalue weighted by atomic mass is 10.2. The van der Waals surface area contributed by atoms with E-state index in [-0.39, 0.29) is 0 Å². The van der Waals surface area contributed by atoms with E-state index in [1.54, 1.807) is 6.20 Å². The second kappa shape index (κ2) is 3.35. The molecular formula is C11H9ClN2O. The quantitative estimate of drug-likeness (QED) is 0.742. The maximum atomic E-state index is 6.18. The summed E-state index contributed by atoms with van der Waals surface area (Å²) in [5.74, 6) is 0.534. The van der Waals surface area contributed by atoms with E-state index < -0.39 is 0 Å². The number of fused-ring (bicyclic) bond motifs is 1. The van der Waals surface area contributed by atoms with Crippen LogP contribution in [0.2, 0.25) is 5.02 Å².